The van der Waals surface area contributed by atoms with Crippen LogP contribution in [0.5, 0.6) is 0 Å². The molecule has 2 heterocycles. The number of halogens is 1. The van der Waals surface area contributed by atoms with Gasteiger partial charge in [-0.3, -0.25) is 4.79 Å². The minimum absolute atomic E-state index is 0.0358. The summed E-state index contributed by atoms with van der Waals surface area (Å²) in [7, 11) is -2.98. The molecule has 1 aromatic rings. The van der Waals surface area contributed by atoms with Crippen molar-refractivity contribution in [1.82, 2.24) is 4.90 Å². The van der Waals surface area contributed by atoms with Crippen LogP contribution in [0.15, 0.2) is 24.3 Å². The molecule has 0 aromatic heterocycles. The Morgan fingerprint density at radius 1 is 1.23 bits per heavy atom. The maximum absolute atomic E-state index is 12.9. The first-order chi connectivity index (χ1) is 12.2. The van der Waals surface area contributed by atoms with Crippen LogP contribution in [0.2, 0.25) is 5.02 Å². The Morgan fingerprint density at radius 3 is 2.54 bits per heavy atom. The van der Waals surface area contributed by atoms with Crippen LogP contribution in [0.4, 0.5) is 5.69 Å². The number of piperazine rings is 1. The van der Waals surface area contributed by atoms with Gasteiger partial charge in [0.05, 0.1) is 17.0 Å². The van der Waals surface area contributed by atoms with Crippen molar-refractivity contribution in [2.75, 3.05) is 36.0 Å². The molecular formula is C19H27ClN2O3S. The molecule has 0 radical (unpaired) electrons. The van der Waals surface area contributed by atoms with Crippen molar-refractivity contribution >= 4 is 33.0 Å². The van der Waals surface area contributed by atoms with Crippen molar-refractivity contribution in [2.24, 2.45) is 5.92 Å². The minimum Gasteiger partial charge on any atom is -0.367 e. The van der Waals surface area contributed by atoms with E-state index in [2.05, 4.69) is 18.7 Å². The van der Waals surface area contributed by atoms with E-state index >= 15 is 0 Å². The number of carbonyl (C=O) groups excluding carboxylic acids is 1. The number of anilines is 1. The molecule has 7 heteroatoms. The predicted octanol–water partition coefficient (Wildman–Crippen LogP) is 2.98. The van der Waals surface area contributed by atoms with Gasteiger partial charge in [0, 0.05) is 36.8 Å². The van der Waals surface area contributed by atoms with Gasteiger partial charge in [-0.15, -0.1) is 0 Å². The second kappa shape index (κ2) is 7.39. The fraction of sp³-hybridized carbons (Fsp3) is 0.632. The van der Waals surface area contributed by atoms with Crippen LogP contribution < -0.4 is 4.90 Å². The number of hydrogen-bond donors (Lipinski definition) is 0. The van der Waals surface area contributed by atoms with Crippen molar-refractivity contribution in [1.29, 1.82) is 0 Å². The molecule has 2 aliphatic heterocycles. The van der Waals surface area contributed by atoms with Crippen molar-refractivity contribution < 1.29 is 13.2 Å². The molecule has 2 fully saturated rings. The molecule has 0 unspecified atom stereocenters. The molecule has 0 spiro atoms. The van der Waals surface area contributed by atoms with Gasteiger partial charge in [-0.2, -0.15) is 0 Å². The molecule has 0 bridgehead atoms. The highest BCUT2D eigenvalue weighted by Gasteiger charge is 2.38. The van der Waals surface area contributed by atoms with E-state index in [9.17, 15) is 13.2 Å². The maximum atomic E-state index is 12.9. The van der Waals surface area contributed by atoms with Crippen LogP contribution in [0.25, 0.3) is 0 Å². The number of amides is 1. The molecule has 144 valence electrons. The van der Waals surface area contributed by atoms with Gasteiger partial charge < -0.3 is 9.80 Å². The molecule has 1 amide bonds. The number of nitrogens with zero attached hydrogens (tertiary/aromatic N) is 2. The van der Waals surface area contributed by atoms with Crippen molar-refractivity contribution in [3.63, 3.8) is 0 Å². The van der Waals surface area contributed by atoms with Gasteiger partial charge in [0.1, 0.15) is 0 Å². The third kappa shape index (κ3) is 4.52. The second-order valence-electron chi connectivity index (χ2n) is 8.08. The first kappa shape index (κ1) is 19.5. The highest BCUT2D eigenvalue weighted by Crippen LogP contribution is 2.29. The monoisotopic (exact) mass is 398 g/mol. The molecule has 0 N–H and O–H groups in total. The third-order valence-corrected chi connectivity index (χ3v) is 7.56. The number of rotatable bonds is 3. The van der Waals surface area contributed by atoms with E-state index in [1.54, 1.807) is 0 Å². The summed E-state index contributed by atoms with van der Waals surface area (Å²) in [6.45, 7) is 6.30. The summed E-state index contributed by atoms with van der Waals surface area (Å²) in [5.41, 5.74) is 0.802. The van der Waals surface area contributed by atoms with E-state index in [0.717, 1.165) is 25.2 Å². The van der Waals surface area contributed by atoms with Crippen molar-refractivity contribution in [3.8, 4) is 0 Å². The number of hydrogen-bond acceptors (Lipinski definition) is 4. The highest BCUT2D eigenvalue weighted by atomic mass is 35.5. The number of carbonyl (C=O) groups is 1. The molecule has 0 aliphatic carbocycles. The zero-order valence-electron chi connectivity index (χ0n) is 15.4. The quantitative estimate of drug-likeness (QED) is 0.785. The van der Waals surface area contributed by atoms with Crippen LogP contribution in [0.3, 0.4) is 0 Å². The zero-order chi connectivity index (χ0) is 18.9. The lowest BCUT2D eigenvalue weighted by Crippen LogP contribution is -2.61. The lowest BCUT2D eigenvalue weighted by Gasteiger charge is -2.48. The molecule has 5 nitrogen and oxygen atoms in total. The summed E-state index contributed by atoms with van der Waals surface area (Å²) in [4.78, 5) is 17.1. The Bertz CT molecular complexity index is 761. The Morgan fingerprint density at radius 2 is 1.92 bits per heavy atom. The van der Waals surface area contributed by atoms with E-state index in [-0.39, 0.29) is 28.9 Å². The van der Waals surface area contributed by atoms with Crippen LogP contribution in [-0.2, 0) is 14.6 Å². The van der Waals surface area contributed by atoms with E-state index in [4.69, 9.17) is 11.6 Å². The topological polar surface area (TPSA) is 57.7 Å². The van der Waals surface area contributed by atoms with Crippen LogP contribution in [0, 0.1) is 5.92 Å². The highest BCUT2D eigenvalue weighted by molar-refractivity contribution is 7.91. The van der Waals surface area contributed by atoms with Gasteiger partial charge in [0.25, 0.3) is 0 Å². The third-order valence-electron chi connectivity index (χ3n) is 5.42. The fourth-order valence-electron chi connectivity index (χ4n) is 4.13. The van der Waals surface area contributed by atoms with Crippen LogP contribution in [0.1, 0.15) is 33.1 Å². The molecular weight excluding hydrogens is 372 g/mol. The van der Waals surface area contributed by atoms with E-state index in [0.29, 0.717) is 24.4 Å². The Balaban J connectivity index is 1.64. The summed E-state index contributed by atoms with van der Waals surface area (Å²) in [6, 6.07) is 7.77. The summed E-state index contributed by atoms with van der Waals surface area (Å²) in [5.74, 6) is 0.464. The number of benzene rings is 1. The van der Waals surface area contributed by atoms with Crippen molar-refractivity contribution in [3.05, 3.63) is 29.3 Å². The molecule has 1 aromatic carbocycles. The SMILES string of the molecule is CC1(C)CN(c2ccc(Cl)cc2)CCN1C(=O)C[C@@H]1CCCS(=O)(=O)C1. The summed E-state index contributed by atoms with van der Waals surface area (Å²) >= 11 is 5.97. The maximum Gasteiger partial charge on any atom is 0.223 e. The summed E-state index contributed by atoms with van der Waals surface area (Å²) < 4.78 is 23.7. The largest absolute Gasteiger partial charge is 0.367 e. The zero-order valence-corrected chi connectivity index (χ0v) is 17.0. The predicted molar refractivity (Wildman–Crippen MR) is 105 cm³/mol. The lowest BCUT2D eigenvalue weighted by atomic mass is 9.95. The summed E-state index contributed by atoms with van der Waals surface area (Å²) in [5, 5.41) is 0.712. The first-order valence-corrected chi connectivity index (χ1v) is 11.4. The van der Waals surface area contributed by atoms with Gasteiger partial charge >= 0.3 is 0 Å². The van der Waals surface area contributed by atoms with Gasteiger partial charge in [-0.25, -0.2) is 8.42 Å². The Hall–Kier alpha value is -1.27. The lowest BCUT2D eigenvalue weighted by molar-refractivity contribution is -0.138. The Labute approximate surface area is 161 Å². The van der Waals surface area contributed by atoms with E-state index in [1.807, 2.05) is 29.2 Å². The standard InChI is InChI=1S/C19H27ClN2O3S/c1-19(2)14-21(17-7-5-16(20)6-8-17)9-10-22(19)18(23)12-15-4-3-11-26(24,25)13-15/h5-8,15H,3-4,9-14H2,1-2H3/t15-/m0/s1. The van der Waals surface area contributed by atoms with Crippen LogP contribution >= 0.6 is 11.6 Å². The molecule has 2 saturated heterocycles. The average molecular weight is 399 g/mol. The first-order valence-electron chi connectivity index (χ1n) is 9.18. The summed E-state index contributed by atoms with van der Waals surface area (Å²) in [6.07, 6.45) is 1.84. The van der Waals surface area contributed by atoms with Gasteiger partial charge in [0.15, 0.2) is 9.84 Å². The fourth-order valence-corrected chi connectivity index (χ4v) is 6.03. The smallest absolute Gasteiger partial charge is 0.223 e. The van der Waals surface area contributed by atoms with Gasteiger partial charge in [-0.05, 0) is 56.9 Å². The van der Waals surface area contributed by atoms with Crippen LogP contribution in [-0.4, -0.2) is 55.9 Å². The molecule has 26 heavy (non-hydrogen) atoms. The molecule has 0 saturated carbocycles. The average Bonchev–Trinajstić information content (AvgIpc) is 2.53. The Kier molecular flexibility index (Phi) is 5.54. The minimum atomic E-state index is -2.98. The number of sulfone groups is 1. The molecule has 1 atom stereocenters. The van der Waals surface area contributed by atoms with Gasteiger partial charge in [0.2, 0.25) is 5.91 Å². The molecule has 3 rings (SSSR count). The second-order valence-corrected chi connectivity index (χ2v) is 10.7. The van der Waals surface area contributed by atoms with E-state index in [1.165, 1.54) is 0 Å². The normalized spacial score (nSPS) is 25.1. The molecule has 2 aliphatic rings. The van der Waals surface area contributed by atoms with Gasteiger partial charge in [-0.1, -0.05) is 11.6 Å². The van der Waals surface area contributed by atoms with Crippen molar-refractivity contribution in [2.45, 2.75) is 38.6 Å². The van der Waals surface area contributed by atoms with E-state index < -0.39 is 9.84 Å².